The highest BCUT2D eigenvalue weighted by atomic mass is 79.9. The number of aliphatic carboxylic acids is 1. The Labute approximate surface area is 282 Å². The number of nitrogens with two attached hydrogens (primary N) is 1. The summed E-state index contributed by atoms with van der Waals surface area (Å²) in [5.41, 5.74) is 9.05. The Kier molecular flexibility index (Phi) is 13.2. The molecule has 4 rings (SSSR count). The van der Waals surface area contributed by atoms with E-state index in [0.717, 1.165) is 34.0 Å². The van der Waals surface area contributed by atoms with Gasteiger partial charge in [-0.05, 0) is 102 Å². The highest BCUT2D eigenvalue weighted by Crippen LogP contribution is 2.35. The molecule has 3 N–H and O–H groups in total. The Hall–Kier alpha value is -2.98. The first-order valence-corrected chi connectivity index (χ1v) is 16.6. The van der Waals surface area contributed by atoms with Crippen LogP contribution in [0.25, 0.3) is 0 Å². The lowest BCUT2D eigenvalue weighted by atomic mass is 9.97. The van der Waals surface area contributed by atoms with Gasteiger partial charge in [0.1, 0.15) is 24.7 Å². The van der Waals surface area contributed by atoms with Crippen LogP contribution in [0, 0.1) is 12.8 Å². The third-order valence-electron chi connectivity index (χ3n) is 7.48. The molecule has 8 nitrogen and oxygen atoms in total. The molecular weight excluding hydrogens is 683 g/mol. The molecule has 1 fully saturated rings. The number of carbonyl (C=O) groups excluding carboxylic acids is 1. The maximum absolute atomic E-state index is 13.8. The smallest absolute Gasteiger partial charge is 0.303 e. The van der Waals surface area contributed by atoms with E-state index in [9.17, 15) is 9.59 Å². The topological polar surface area (TPSA) is 111 Å². The van der Waals surface area contributed by atoms with Gasteiger partial charge in [-0.3, -0.25) is 9.59 Å². The molecule has 242 valence electrons. The zero-order valence-electron chi connectivity index (χ0n) is 25.3. The van der Waals surface area contributed by atoms with Gasteiger partial charge in [0.15, 0.2) is 5.75 Å². The van der Waals surface area contributed by atoms with Gasteiger partial charge in [-0.25, -0.2) is 0 Å². The minimum absolute atomic E-state index is 0.0396. The fourth-order valence-electron chi connectivity index (χ4n) is 4.95. The molecule has 0 bridgehead atoms. The monoisotopic (exact) mass is 720 g/mol. The number of amides is 1. The van der Waals surface area contributed by atoms with Crippen molar-refractivity contribution in [1.29, 1.82) is 0 Å². The van der Waals surface area contributed by atoms with E-state index in [0.29, 0.717) is 66.3 Å². The molecule has 11 heteroatoms. The van der Waals surface area contributed by atoms with E-state index in [1.54, 1.807) is 12.1 Å². The molecule has 1 aliphatic rings. The zero-order valence-corrected chi connectivity index (χ0v) is 28.4. The molecule has 45 heavy (non-hydrogen) atoms. The van der Waals surface area contributed by atoms with E-state index >= 15 is 0 Å². The van der Waals surface area contributed by atoms with Gasteiger partial charge in [-0.1, -0.05) is 47.5 Å². The number of carboxylic acid groups (broad SMARTS) is 1. The van der Waals surface area contributed by atoms with Crippen LogP contribution in [0.4, 0.5) is 0 Å². The second-order valence-electron chi connectivity index (χ2n) is 11.2. The molecule has 1 unspecified atom stereocenters. The summed E-state index contributed by atoms with van der Waals surface area (Å²) >= 11 is 16.2. The van der Waals surface area contributed by atoms with Gasteiger partial charge in [0.25, 0.3) is 0 Å². The molecular formula is C34H39BrCl2N2O6. The predicted octanol–water partition coefficient (Wildman–Crippen LogP) is 7.46. The molecule has 0 aromatic heterocycles. The van der Waals surface area contributed by atoms with E-state index < -0.39 is 5.97 Å². The van der Waals surface area contributed by atoms with Crippen molar-refractivity contribution < 1.29 is 28.9 Å². The van der Waals surface area contributed by atoms with Crippen LogP contribution >= 0.6 is 39.1 Å². The van der Waals surface area contributed by atoms with Gasteiger partial charge < -0.3 is 30.0 Å². The number of hydrogen-bond acceptors (Lipinski definition) is 6. The van der Waals surface area contributed by atoms with E-state index in [4.69, 9.17) is 48.3 Å². The van der Waals surface area contributed by atoms with Crippen LogP contribution in [0.1, 0.15) is 48.8 Å². The van der Waals surface area contributed by atoms with Crippen molar-refractivity contribution in [3.63, 3.8) is 0 Å². The summed E-state index contributed by atoms with van der Waals surface area (Å²) in [7, 11) is 0. The van der Waals surface area contributed by atoms with Gasteiger partial charge in [0, 0.05) is 25.6 Å². The van der Waals surface area contributed by atoms with Crippen LogP contribution in [0.3, 0.4) is 0 Å². The number of aryl methyl sites for hydroxylation is 1. The molecule has 0 radical (unpaired) electrons. The number of nitrogens with zero attached hydrogens (tertiary/aromatic N) is 1. The Balaban J connectivity index is 1.30. The average molecular weight is 723 g/mol. The lowest BCUT2D eigenvalue weighted by Gasteiger charge is -2.28. The molecule has 3 aromatic carbocycles. The minimum atomic E-state index is -0.807. The van der Waals surface area contributed by atoms with Crippen molar-refractivity contribution in [2.45, 2.75) is 58.0 Å². The minimum Gasteiger partial charge on any atom is -0.492 e. The second kappa shape index (κ2) is 17.1. The maximum Gasteiger partial charge on any atom is 0.303 e. The maximum atomic E-state index is 13.8. The number of hydrogen-bond donors (Lipinski definition) is 2. The first-order valence-electron chi connectivity index (χ1n) is 15.1. The Morgan fingerprint density at radius 2 is 1.69 bits per heavy atom. The summed E-state index contributed by atoms with van der Waals surface area (Å²) in [6.07, 6.45) is 3.79. The number of carbonyl (C=O) groups is 2. The van der Waals surface area contributed by atoms with Crippen molar-refractivity contribution in [1.82, 2.24) is 4.90 Å². The number of rotatable bonds is 18. The lowest BCUT2D eigenvalue weighted by Crippen LogP contribution is -2.41. The summed E-state index contributed by atoms with van der Waals surface area (Å²) in [5, 5.41) is 9.75. The summed E-state index contributed by atoms with van der Waals surface area (Å²) < 4.78 is 18.3. The van der Waals surface area contributed by atoms with Crippen molar-refractivity contribution in [3.8, 4) is 17.2 Å². The normalized spacial score (nSPS) is 13.3. The van der Waals surface area contributed by atoms with E-state index in [1.807, 2.05) is 54.3 Å². The SMILES string of the molecule is Cc1cc(Cl)c(OCCOc2ccc(CC(CN)C(=O)N(Cc3cccc(OCCCCC(=O)O)c3Br)C3CC3)cc2)c(Cl)c1. The predicted molar refractivity (Wildman–Crippen MR) is 180 cm³/mol. The van der Waals surface area contributed by atoms with Gasteiger partial charge in [0.2, 0.25) is 5.91 Å². The van der Waals surface area contributed by atoms with Crippen LogP contribution in [0.15, 0.2) is 59.1 Å². The van der Waals surface area contributed by atoms with E-state index in [-0.39, 0.29) is 37.4 Å². The Bertz CT molecular complexity index is 1430. The molecule has 1 saturated carbocycles. The number of carboxylic acids is 1. The van der Waals surface area contributed by atoms with Crippen molar-refractivity contribution in [2.24, 2.45) is 11.7 Å². The molecule has 0 heterocycles. The first kappa shape index (κ1) is 34.9. The Morgan fingerprint density at radius 3 is 2.33 bits per heavy atom. The summed E-state index contributed by atoms with van der Waals surface area (Å²) in [6.45, 7) is 3.62. The standard InChI is InChI=1S/C34H39BrCl2N2O6/c1-22-17-28(36)33(29(37)18-22)45-16-15-43-27-12-8-23(9-13-27)19-25(20-38)34(42)39(26-10-11-26)21-24-5-4-6-30(32(24)35)44-14-3-2-7-31(40)41/h4-6,8-9,12-13,17-18,25-26H,2-3,7,10-11,14-16,19-21,38H2,1H3,(H,40,41). The van der Waals surface area contributed by atoms with Gasteiger partial charge in [-0.2, -0.15) is 0 Å². The van der Waals surface area contributed by atoms with Gasteiger partial charge in [-0.15, -0.1) is 0 Å². The zero-order chi connectivity index (χ0) is 32.3. The van der Waals surface area contributed by atoms with Crippen LogP contribution in [-0.4, -0.2) is 54.3 Å². The molecule has 0 spiro atoms. The van der Waals surface area contributed by atoms with Crippen LogP contribution in [0.2, 0.25) is 10.0 Å². The lowest BCUT2D eigenvalue weighted by molar-refractivity contribution is -0.137. The number of ether oxygens (including phenoxy) is 3. The highest BCUT2D eigenvalue weighted by Gasteiger charge is 2.36. The summed E-state index contributed by atoms with van der Waals surface area (Å²) in [5.74, 6) is 0.683. The van der Waals surface area contributed by atoms with Crippen LogP contribution < -0.4 is 19.9 Å². The molecule has 0 aliphatic heterocycles. The highest BCUT2D eigenvalue weighted by molar-refractivity contribution is 9.10. The van der Waals surface area contributed by atoms with Crippen molar-refractivity contribution in [3.05, 3.63) is 85.8 Å². The third-order valence-corrected chi connectivity index (χ3v) is 8.94. The number of benzene rings is 3. The third kappa shape index (κ3) is 10.5. The molecule has 3 aromatic rings. The number of halogens is 3. The molecule has 1 amide bonds. The quantitative estimate of drug-likeness (QED) is 0.131. The second-order valence-corrected chi connectivity index (χ2v) is 12.8. The van der Waals surface area contributed by atoms with Gasteiger partial charge >= 0.3 is 5.97 Å². The number of unbranched alkanes of at least 4 members (excludes halogenated alkanes) is 1. The molecule has 1 atom stereocenters. The van der Waals surface area contributed by atoms with Crippen molar-refractivity contribution in [2.75, 3.05) is 26.4 Å². The van der Waals surface area contributed by atoms with Crippen LogP contribution in [0.5, 0.6) is 17.2 Å². The Morgan fingerprint density at radius 1 is 1.00 bits per heavy atom. The van der Waals surface area contributed by atoms with Crippen molar-refractivity contribution >= 4 is 51.0 Å². The van der Waals surface area contributed by atoms with E-state index in [1.165, 1.54) is 0 Å². The summed E-state index contributed by atoms with van der Waals surface area (Å²) in [4.78, 5) is 26.5. The first-order chi connectivity index (χ1) is 21.7. The average Bonchev–Trinajstić information content (AvgIpc) is 3.85. The fourth-order valence-corrected chi connectivity index (χ4v) is 6.16. The molecule has 1 aliphatic carbocycles. The largest absolute Gasteiger partial charge is 0.492 e. The molecule has 0 saturated heterocycles. The summed E-state index contributed by atoms with van der Waals surface area (Å²) in [6, 6.07) is 17.2. The van der Waals surface area contributed by atoms with E-state index in [2.05, 4.69) is 15.9 Å². The van der Waals surface area contributed by atoms with Crippen LogP contribution in [-0.2, 0) is 22.6 Å². The van der Waals surface area contributed by atoms with Gasteiger partial charge in [0.05, 0.1) is 27.0 Å². The fraction of sp³-hybridized carbons (Fsp3) is 0.412.